The number of hydrogen-bond donors (Lipinski definition) is 1. The fourth-order valence-electron chi connectivity index (χ4n) is 2.36. The molecule has 1 aliphatic heterocycles. The lowest BCUT2D eigenvalue weighted by molar-refractivity contribution is -0.119. The smallest absolute Gasteiger partial charge is 0.137 e. The van der Waals surface area contributed by atoms with Crippen molar-refractivity contribution in [1.82, 2.24) is 5.32 Å². The summed E-state index contributed by atoms with van der Waals surface area (Å²) >= 11 is 5.68. The lowest BCUT2D eigenvalue weighted by atomic mass is 9.91. The second kappa shape index (κ2) is 6.30. The van der Waals surface area contributed by atoms with Crippen LogP contribution in [0.25, 0.3) is 0 Å². The second-order valence-electron chi connectivity index (χ2n) is 4.85. The molecule has 0 atom stereocenters. The van der Waals surface area contributed by atoms with E-state index in [1.807, 2.05) is 0 Å². The number of benzene rings is 1. The van der Waals surface area contributed by atoms with Crippen LogP contribution in [-0.2, 0) is 11.2 Å². The molecule has 1 fully saturated rings. The van der Waals surface area contributed by atoms with E-state index in [-0.39, 0.29) is 18.0 Å². The van der Waals surface area contributed by atoms with Crippen molar-refractivity contribution in [3.8, 4) is 0 Å². The molecule has 0 unspecified atom stereocenters. The zero-order valence-electron chi connectivity index (χ0n) is 10.2. The third-order valence-corrected chi connectivity index (χ3v) is 3.61. The molecule has 1 aliphatic rings. The molecule has 1 heterocycles. The number of rotatable bonds is 4. The van der Waals surface area contributed by atoms with E-state index in [1.54, 1.807) is 12.1 Å². The third kappa shape index (κ3) is 3.79. The van der Waals surface area contributed by atoms with Crippen LogP contribution in [-0.4, -0.2) is 18.9 Å². The summed E-state index contributed by atoms with van der Waals surface area (Å²) < 4.78 is 13.5. The van der Waals surface area contributed by atoms with Gasteiger partial charge in [0.15, 0.2) is 0 Å². The first kappa shape index (κ1) is 13.5. The largest absolute Gasteiger partial charge is 0.317 e. The molecule has 0 saturated carbocycles. The lowest BCUT2D eigenvalue weighted by Gasteiger charge is -2.21. The van der Waals surface area contributed by atoms with Crippen molar-refractivity contribution in [3.63, 3.8) is 0 Å². The molecule has 0 aromatic heterocycles. The highest BCUT2D eigenvalue weighted by Gasteiger charge is 2.17. The number of halogens is 2. The molecular formula is C14H17ClFNO. The Morgan fingerprint density at radius 2 is 2.11 bits per heavy atom. The molecule has 4 heteroatoms. The normalized spacial score (nSPS) is 16.8. The van der Waals surface area contributed by atoms with Crippen LogP contribution < -0.4 is 5.32 Å². The average Bonchev–Trinajstić information content (AvgIpc) is 2.34. The highest BCUT2D eigenvalue weighted by atomic mass is 35.5. The van der Waals surface area contributed by atoms with E-state index in [9.17, 15) is 9.18 Å². The number of carbonyl (C=O) groups is 1. The number of hydrogen-bond acceptors (Lipinski definition) is 2. The van der Waals surface area contributed by atoms with Crippen LogP contribution in [0.5, 0.6) is 0 Å². The minimum atomic E-state index is -0.388. The lowest BCUT2D eigenvalue weighted by Crippen LogP contribution is -2.29. The zero-order chi connectivity index (χ0) is 13.0. The van der Waals surface area contributed by atoms with Gasteiger partial charge in [-0.15, -0.1) is 0 Å². The summed E-state index contributed by atoms with van der Waals surface area (Å²) in [5.74, 6) is 0.179. The molecule has 2 rings (SSSR count). The molecule has 0 spiro atoms. The Labute approximate surface area is 112 Å². The summed E-state index contributed by atoms with van der Waals surface area (Å²) in [6.45, 7) is 1.96. The summed E-state index contributed by atoms with van der Waals surface area (Å²) in [5.41, 5.74) is 0.443. The van der Waals surface area contributed by atoms with Crippen molar-refractivity contribution in [1.29, 1.82) is 0 Å². The molecule has 1 saturated heterocycles. The second-order valence-corrected chi connectivity index (χ2v) is 5.29. The van der Waals surface area contributed by atoms with Gasteiger partial charge in [0.05, 0.1) is 0 Å². The van der Waals surface area contributed by atoms with E-state index in [0.717, 1.165) is 25.9 Å². The van der Waals surface area contributed by atoms with Gasteiger partial charge in [0.2, 0.25) is 0 Å². The van der Waals surface area contributed by atoms with Gasteiger partial charge in [-0.2, -0.15) is 0 Å². The van der Waals surface area contributed by atoms with E-state index >= 15 is 0 Å². The van der Waals surface area contributed by atoms with Crippen molar-refractivity contribution < 1.29 is 9.18 Å². The van der Waals surface area contributed by atoms with Gasteiger partial charge in [-0.1, -0.05) is 17.7 Å². The van der Waals surface area contributed by atoms with Crippen LogP contribution in [0.3, 0.4) is 0 Å². The molecule has 1 N–H and O–H groups in total. The molecule has 0 bridgehead atoms. The molecule has 98 valence electrons. The minimum absolute atomic E-state index is 0.114. The summed E-state index contributed by atoms with van der Waals surface area (Å²) in [6, 6.07) is 4.48. The first-order chi connectivity index (χ1) is 8.65. The standard InChI is InChI=1S/C14H17ClFNO/c15-12-2-1-11(14(16)9-12)8-13(18)7-10-3-5-17-6-4-10/h1-2,9-10,17H,3-8H2. The highest BCUT2D eigenvalue weighted by Crippen LogP contribution is 2.19. The Balaban J connectivity index is 1.90. The predicted molar refractivity (Wildman–Crippen MR) is 70.3 cm³/mol. The van der Waals surface area contributed by atoms with E-state index in [0.29, 0.717) is 22.9 Å². The van der Waals surface area contributed by atoms with Crippen molar-refractivity contribution in [2.75, 3.05) is 13.1 Å². The molecule has 0 aliphatic carbocycles. The van der Waals surface area contributed by atoms with Gasteiger partial charge in [0.1, 0.15) is 11.6 Å². The summed E-state index contributed by atoms with van der Waals surface area (Å²) in [7, 11) is 0. The predicted octanol–water partition coefficient (Wildman–Crippen LogP) is 2.98. The van der Waals surface area contributed by atoms with Crippen molar-refractivity contribution in [3.05, 3.63) is 34.6 Å². The van der Waals surface area contributed by atoms with Crippen LogP contribution >= 0.6 is 11.6 Å². The van der Waals surface area contributed by atoms with Gasteiger partial charge >= 0.3 is 0 Å². The van der Waals surface area contributed by atoms with Gasteiger partial charge < -0.3 is 5.32 Å². The maximum absolute atomic E-state index is 13.5. The number of carbonyl (C=O) groups excluding carboxylic acids is 1. The quantitative estimate of drug-likeness (QED) is 0.910. The maximum Gasteiger partial charge on any atom is 0.137 e. The first-order valence-electron chi connectivity index (χ1n) is 6.31. The van der Waals surface area contributed by atoms with E-state index in [2.05, 4.69) is 5.32 Å². The molecule has 2 nitrogen and oxygen atoms in total. The van der Waals surface area contributed by atoms with Crippen molar-refractivity contribution >= 4 is 17.4 Å². The zero-order valence-corrected chi connectivity index (χ0v) is 11.0. The van der Waals surface area contributed by atoms with Gasteiger partial charge in [-0.05, 0) is 49.5 Å². The van der Waals surface area contributed by atoms with E-state index < -0.39 is 0 Å². The number of nitrogens with one attached hydrogen (secondary N) is 1. The molecule has 1 aromatic rings. The molecule has 0 radical (unpaired) electrons. The summed E-state index contributed by atoms with van der Waals surface area (Å²) in [6.07, 6.45) is 2.81. The van der Waals surface area contributed by atoms with Crippen LogP contribution in [0.4, 0.5) is 4.39 Å². The number of Topliss-reactive ketones (excluding diaryl/α,β-unsaturated/α-hetero) is 1. The molecular weight excluding hydrogens is 253 g/mol. The number of ketones is 1. The Bertz CT molecular complexity index is 430. The Kier molecular flexibility index (Phi) is 4.72. The summed E-state index contributed by atoms with van der Waals surface area (Å²) in [5, 5.41) is 3.63. The van der Waals surface area contributed by atoms with Crippen LogP contribution in [0.1, 0.15) is 24.8 Å². The van der Waals surface area contributed by atoms with Crippen LogP contribution in [0.15, 0.2) is 18.2 Å². The van der Waals surface area contributed by atoms with Crippen LogP contribution in [0, 0.1) is 11.7 Å². The minimum Gasteiger partial charge on any atom is -0.317 e. The van der Waals surface area contributed by atoms with Gasteiger partial charge in [0.25, 0.3) is 0 Å². The summed E-state index contributed by atoms with van der Waals surface area (Å²) in [4.78, 5) is 11.9. The van der Waals surface area contributed by atoms with Crippen molar-refractivity contribution in [2.24, 2.45) is 5.92 Å². The maximum atomic E-state index is 13.5. The van der Waals surface area contributed by atoms with Crippen molar-refractivity contribution in [2.45, 2.75) is 25.7 Å². The molecule has 0 amide bonds. The third-order valence-electron chi connectivity index (χ3n) is 3.38. The van der Waals surface area contributed by atoms with E-state index in [1.165, 1.54) is 6.07 Å². The fraction of sp³-hybridized carbons (Fsp3) is 0.500. The van der Waals surface area contributed by atoms with Gasteiger partial charge in [-0.25, -0.2) is 4.39 Å². The van der Waals surface area contributed by atoms with Gasteiger partial charge in [0, 0.05) is 17.9 Å². The van der Waals surface area contributed by atoms with E-state index in [4.69, 9.17) is 11.6 Å². The van der Waals surface area contributed by atoms with Crippen LogP contribution in [0.2, 0.25) is 5.02 Å². The number of piperidine rings is 1. The monoisotopic (exact) mass is 269 g/mol. The topological polar surface area (TPSA) is 29.1 Å². The van der Waals surface area contributed by atoms with Gasteiger partial charge in [-0.3, -0.25) is 4.79 Å². The Morgan fingerprint density at radius 1 is 1.39 bits per heavy atom. The highest BCUT2D eigenvalue weighted by molar-refractivity contribution is 6.30. The SMILES string of the molecule is O=C(Cc1ccc(Cl)cc1F)CC1CCNCC1. The Morgan fingerprint density at radius 3 is 2.78 bits per heavy atom. The molecule has 18 heavy (non-hydrogen) atoms. The molecule has 1 aromatic carbocycles. The Hall–Kier alpha value is -0.930. The first-order valence-corrected chi connectivity index (χ1v) is 6.69. The average molecular weight is 270 g/mol. The fourth-order valence-corrected chi connectivity index (χ4v) is 2.52.